The Morgan fingerprint density at radius 1 is 1.23 bits per heavy atom. The van der Waals surface area contributed by atoms with Gasteiger partial charge in [0, 0.05) is 37.6 Å². The molecule has 2 aromatic rings. The zero-order valence-electron chi connectivity index (χ0n) is 14.4. The van der Waals surface area contributed by atoms with Crippen LogP contribution in [-0.2, 0) is 9.53 Å². The fourth-order valence-electron chi connectivity index (χ4n) is 3.32. The second kappa shape index (κ2) is 7.25. The number of carbonyl (C=O) groups excluding carboxylic acids is 1. The van der Waals surface area contributed by atoms with E-state index < -0.39 is 0 Å². The number of aromatic nitrogens is 3. The lowest BCUT2D eigenvalue weighted by Crippen LogP contribution is -2.42. The van der Waals surface area contributed by atoms with Gasteiger partial charge < -0.3 is 15.2 Å². The van der Waals surface area contributed by atoms with Crippen LogP contribution >= 0.6 is 0 Å². The van der Waals surface area contributed by atoms with Crippen molar-refractivity contribution in [3.63, 3.8) is 0 Å². The lowest BCUT2D eigenvalue weighted by Gasteiger charge is -2.30. The summed E-state index contributed by atoms with van der Waals surface area (Å²) in [5, 5.41) is 12.4. The second-order valence-electron chi connectivity index (χ2n) is 6.58. The molecule has 2 aliphatic heterocycles. The number of rotatable bonds is 4. The van der Waals surface area contributed by atoms with Gasteiger partial charge in [0.15, 0.2) is 11.6 Å². The van der Waals surface area contributed by atoms with E-state index in [1.54, 1.807) is 17.2 Å². The molecule has 0 aliphatic carbocycles. The topological polar surface area (TPSA) is 100 Å². The highest BCUT2D eigenvalue weighted by atomic mass is 16.5. The van der Waals surface area contributed by atoms with E-state index >= 15 is 0 Å². The number of nitrogens with one attached hydrogen (secondary N) is 1. The average Bonchev–Trinajstić information content (AvgIpc) is 2.68. The largest absolute Gasteiger partial charge is 0.493 e. The molecule has 8 nitrogen and oxygen atoms in total. The Balaban J connectivity index is 1.57. The normalized spacial score (nSPS) is 17.7. The number of fused-ring (bicyclic) bond motifs is 1. The monoisotopic (exact) mass is 355 g/mol. The third-order valence-corrected chi connectivity index (χ3v) is 4.86. The van der Waals surface area contributed by atoms with E-state index in [2.05, 4.69) is 20.3 Å². The molecule has 0 atom stereocenters. The van der Waals surface area contributed by atoms with Gasteiger partial charge in [-0.15, -0.1) is 0 Å². The molecule has 0 aromatic carbocycles. The first-order chi connectivity index (χ1) is 12.7. The number of carbonyl (C=O) groups is 1. The fourth-order valence-corrected chi connectivity index (χ4v) is 3.32. The van der Waals surface area contributed by atoms with Crippen molar-refractivity contribution in [3.8, 4) is 17.1 Å². The summed E-state index contributed by atoms with van der Waals surface area (Å²) in [5.74, 6) is 1.70. The van der Waals surface area contributed by atoms with Crippen molar-refractivity contribution in [2.45, 2.75) is 19.3 Å². The van der Waals surface area contributed by atoms with Crippen LogP contribution < -0.4 is 10.2 Å². The SMILES string of the molecule is O=C1CNc2ncc(-c3ccc(O)nc3)nc2N1CCC1CCOCC1. The van der Waals surface area contributed by atoms with E-state index in [4.69, 9.17) is 4.74 Å². The first kappa shape index (κ1) is 16.7. The quantitative estimate of drug-likeness (QED) is 0.863. The summed E-state index contributed by atoms with van der Waals surface area (Å²) in [5.41, 5.74) is 1.35. The standard InChI is InChI=1S/C18H21N5O3/c24-15-2-1-13(9-19-15)14-10-20-17-18(22-14)23(16(25)11-21-17)6-3-12-4-7-26-8-5-12/h1-2,9-10,12H,3-8,11H2,(H,19,24)(H,20,21). The fraction of sp³-hybridized carbons (Fsp3) is 0.444. The van der Waals surface area contributed by atoms with E-state index in [0.29, 0.717) is 29.8 Å². The van der Waals surface area contributed by atoms with Crippen LogP contribution in [-0.4, -0.2) is 52.3 Å². The lowest BCUT2D eigenvalue weighted by atomic mass is 9.96. The molecular weight excluding hydrogens is 334 g/mol. The zero-order valence-corrected chi connectivity index (χ0v) is 14.4. The maximum atomic E-state index is 12.4. The summed E-state index contributed by atoms with van der Waals surface area (Å²) in [4.78, 5) is 27.1. The van der Waals surface area contributed by atoms with E-state index in [9.17, 15) is 9.90 Å². The Bertz CT molecular complexity index is 790. The molecular formula is C18H21N5O3. The molecule has 8 heteroatoms. The summed E-state index contributed by atoms with van der Waals surface area (Å²) in [7, 11) is 0. The first-order valence-electron chi connectivity index (χ1n) is 8.85. The van der Waals surface area contributed by atoms with Crippen molar-refractivity contribution < 1.29 is 14.6 Å². The summed E-state index contributed by atoms with van der Waals surface area (Å²) in [6.45, 7) is 2.46. The van der Waals surface area contributed by atoms with Gasteiger partial charge in [0.05, 0.1) is 18.4 Å². The molecule has 0 bridgehead atoms. The van der Waals surface area contributed by atoms with E-state index in [0.717, 1.165) is 38.0 Å². The summed E-state index contributed by atoms with van der Waals surface area (Å²) in [6, 6.07) is 3.23. The van der Waals surface area contributed by atoms with Gasteiger partial charge in [-0.2, -0.15) is 0 Å². The molecule has 26 heavy (non-hydrogen) atoms. The van der Waals surface area contributed by atoms with E-state index in [-0.39, 0.29) is 18.3 Å². The average molecular weight is 355 g/mol. The Hall–Kier alpha value is -2.74. The van der Waals surface area contributed by atoms with Crippen molar-refractivity contribution in [2.75, 3.05) is 36.5 Å². The molecule has 136 valence electrons. The molecule has 2 N–H and O–H groups in total. The van der Waals surface area contributed by atoms with Gasteiger partial charge in [-0.3, -0.25) is 9.69 Å². The van der Waals surface area contributed by atoms with E-state index in [1.807, 2.05) is 0 Å². The molecule has 1 amide bonds. The van der Waals surface area contributed by atoms with Gasteiger partial charge in [-0.25, -0.2) is 15.0 Å². The Labute approximate surface area is 151 Å². The molecule has 2 aromatic heterocycles. The number of amides is 1. The van der Waals surface area contributed by atoms with Crippen molar-refractivity contribution in [2.24, 2.45) is 5.92 Å². The minimum atomic E-state index is -0.0467. The van der Waals surface area contributed by atoms with Crippen molar-refractivity contribution >= 4 is 17.5 Å². The zero-order chi connectivity index (χ0) is 17.9. The molecule has 0 radical (unpaired) electrons. The highest BCUT2D eigenvalue weighted by Gasteiger charge is 2.28. The maximum absolute atomic E-state index is 12.4. The summed E-state index contributed by atoms with van der Waals surface area (Å²) < 4.78 is 5.41. The first-order valence-corrected chi connectivity index (χ1v) is 8.85. The number of nitrogens with zero attached hydrogens (tertiary/aromatic N) is 4. The Morgan fingerprint density at radius 2 is 2.08 bits per heavy atom. The summed E-state index contributed by atoms with van der Waals surface area (Å²) in [6.07, 6.45) is 6.19. The van der Waals surface area contributed by atoms with Crippen LogP contribution in [0.15, 0.2) is 24.5 Å². The van der Waals surface area contributed by atoms with Gasteiger partial charge in [-0.05, 0) is 31.2 Å². The smallest absolute Gasteiger partial charge is 0.247 e. The predicted octanol–water partition coefficient (Wildman–Crippen LogP) is 1.82. The molecule has 0 saturated carbocycles. The number of hydrogen-bond acceptors (Lipinski definition) is 7. The third-order valence-electron chi connectivity index (χ3n) is 4.86. The molecule has 0 unspecified atom stereocenters. The summed E-state index contributed by atoms with van der Waals surface area (Å²) >= 11 is 0. The van der Waals surface area contributed by atoms with Crippen molar-refractivity contribution in [1.82, 2.24) is 15.0 Å². The van der Waals surface area contributed by atoms with E-state index in [1.165, 1.54) is 12.3 Å². The van der Waals surface area contributed by atoms with Gasteiger partial charge >= 0.3 is 0 Å². The maximum Gasteiger partial charge on any atom is 0.247 e. The van der Waals surface area contributed by atoms with Gasteiger partial charge in [-0.1, -0.05) is 0 Å². The van der Waals surface area contributed by atoms with Gasteiger partial charge in [0.2, 0.25) is 11.8 Å². The Morgan fingerprint density at radius 3 is 2.85 bits per heavy atom. The van der Waals surface area contributed by atoms with Crippen LogP contribution in [0.1, 0.15) is 19.3 Å². The number of hydrogen-bond donors (Lipinski definition) is 2. The number of pyridine rings is 1. The minimum Gasteiger partial charge on any atom is -0.493 e. The number of anilines is 2. The van der Waals surface area contributed by atoms with Crippen LogP contribution in [0.4, 0.5) is 11.6 Å². The minimum absolute atomic E-state index is 0.000148. The van der Waals surface area contributed by atoms with Gasteiger partial charge in [0.25, 0.3) is 0 Å². The van der Waals surface area contributed by atoms with Gasteiger partial charge in [0.1, 0.15) is 0 Å². The number of aromatic hydroxyl groups is 1. The Kier molecular flexibility index (Phi) is 4.66. The van der Waals surface area contributed by atoms with Crippen molar-refractivity contribution in [1.29, 1.82) is 0 Å². The molecule has 1 saturated heterocycles. The van der Waals surface area contributed by atoms with Crippen LogP contribution in [0.5, 0.6) is 5.88 Å². The van der Waals surface area contributed by atoms with Crippen LogP contribution in [0.25, 0.3) is 11.3 Å². The highest BCUT2D eigenvalue weighted by Crippen LogP contribution is 2.30. The third kappa shape index (κ3) is 3.45. The van der Waals surface area contributed by atoms with Crippen LogP contribution in [0, 0.1) is 5.92 Å². The lowest BCUT2D eigenvalue weighted by molar-refractivity contribution is -0.117. The molecule has 0 spiro atoms. The number of ether oxygens (including phenoxy) is 1. The van der Waals surface area contributed by atoms with Crippen LogP contribution in [0.2, 0.25) is 0 Å². The molecule has 2 aliphatic rings. The van der Waals surface area contributed by atoms with Crippen LogP contribution in [0.3, 0.4) is 0 Å². The second-order valence-corrected chi connectivity index (χ2v) is 6.58. The molecule has 4 rings (SSSR count). The van der Waals surface area contributed by atoms with Crippen molar-refractivity contribution in [3.05, 3.63) is 24.5 Å². The predicted molar refractivity (Wildman–Crippen MR) is 95.9 cm³/mol. The highest BCUT2D eigenvalue weighted by molar-refractivity contribution is 6.00. The molecule has 4 heterocycles. The molecule has 1 fully saturated rings.